The fraction of sp³-hybridized carbons (Fsp3) is 0.685. The molecular formula is C111H176N12O21. The number of aliphatic hydroxyl groups is 1. The molecule has 33 heteroatoms. The van der Waals surface area contributed by atoms with Crippen LogP contribution in [0, 0.1) is 41.4 Å². The van der Waals surface area contributed by atoms with Crippen molar-refractivity contribution in [2.24, 2.45) is 41.4 Å². The largest absolute Gasteiger partial charge is 0.513 e. The molecule has 806 valence electrons. The van der Waals surface area contributed by atoms with Gasteiger partial charge in [0.1, 0.15) is 11.6 Å². The van der Waals surface area contributed by atoms with Gasteiger partial charge in [-0.2, -0.15) is 0 Å². The second-order valence-corrected chi connectivity index (χ2v) is 38.7. The van der Waals surface area contributed by atoms with Crippen molar-refractivity contribution < 1.29 is 100 Å². The molecular weight excluding hydrogens is 1840 g/mol. The summed E-state index contributed by atoms with van der Waals surface area (Å²) in [5.41, 5.74) is 11.5. The number of rotatable bonds is 68. The molecule has 2 aromatic carbocycles. The summed E-state index contributed by atoms with van der Waals surface area (Å²) in [4.78, 5) is 140. The number of ketones is 4. The van der Waals surface area contributed by atoms with Crippen LogP contribution < -0.4 is 0 Å². The number of carbonyl (C=O) groups is 11. The molecule has 9 rings (SSSR count). The fourth-order valence-corrected chi connectivity index (χ4v) is 17.4. The first-order valence-corrected chi connectivity index (χ1v) is 52.9. The number of allylic oxidation sites excluding steroid dienone is 5. The molecule has 3 heterocycles. The number of hydrogen-bond acceptors (Lipinski definition) is 27. The Morgan fingerprint density at radius 2 is 0.785 bits per heavy atom. The number of Topliss-reactive ketones (excluding diaryl/α,β-unsaturated/α-hetero) is 4. The number of carbonyl (C=O) groups excluding carboxylic acids is 11. The van der Waals surface area contributed by atoms with Crippen LogP contribution >= 0.6 is 0 Å². The van der Waals surface area contributed by atoms with Gasteiger partial charge < -0.3 is 77.0 Å². The van der Waals surface area contributed by atoms with E-state index in [9.17, 15) is 57.8 Å². The third-order valence-corrected chi connectivity index (χ3v) is 26.8. The maximum Gasteiger partial charge on any atom is 0.305 e. The molecule has 7 atom stereocenters. The molecule has 2 saturated carbocycles. The molecule has 33 nitrogen and oxygen atoms in total. The van der Waals surface area contributed by atoms with Crippen LogP contribution in [0.4, 0.5) is 0 Å². The second-order valence-electron chi connectivity index (χ2n) is 38.7. The van der Waals surface area contributed by atoms with E-state index < -0.39 is 0 Å². The number of likely N-dealkylation sites (N-methyl/N-ethyl adjacent to an activating group) is 5. The zero-order chi connectivity index (χ0) is 106. The summed E-state index contributed by atoms with van der Waals surface area (Å²) in [5.74, 6) is 3.31. The average Bonchev–Trinajstić information content (AvgIpc) is 1.61. The van der Waals surface area contributed by atoms with Crippen LogP contribution in [0.2, 0.25) is 0 Å². The lowest BCUT2D eigenvalue weighted by Gasteiger charge is -2.21. The lowest BCUT2D eigenvalue weighted by molar-refractivity contribution is -0.145. The van der Waals surface area contributed by atoms with Crippen molar-refractivity contribution in [3.8, 4) is 0 Å². The van der Waals surface area contributed by atoms with E-state index in [-0.39, 0.29) is 76.3 Å². The highest BCUT2D eigenvalue weighted by Crippen LogP contribution is 2.54. The Morgan fingerprint density at radius 1 is 0.424 bits per heavy atom. The number of fused-ring (bicyclic) bond motifs is 4. The average molecular weight is 2010 g/mol. The van der Waals surface area contributed by atoms with Crippen LogP contribution in [0.5, 0.6) is 0 Å². The van der Waals surface area contributed by atoms with E-state index in [1.54, 1.807) is 49.7 Å². The maximum atomic E-state index is 12.3. The van der Waals surface area contributed by atoms with Gasteiger partial charge in [-0.15, -0.1) is 10.2 Å². The van der Waals surface area contributed by atoms with E-state index in [2.05, 4.69) is 64.1 Å². The highest BCUT2D eigenvalue weighted by atomic mass is 16.5. The zero-order valence-electron chi connectivity index (χ0n) is 90.0. The molecule has 5 aliphatic rings. The van der Waals surface area contributed by atoms with Crippen molar-refractivity contribution in [1.82, 2.24) is 59.4 Å². The number of aliphatic hydroxyl groups excluding tert-OH is 1. The first-order chi connectivity index (χ1) is 69.1. The van der Waals surface area contributed by atoms with Gasteiger partial charge in [0.25, 0.3) is 0 Å². The molecule has 1 aliphatic heterocycles. The Balaban J connectivity index is 0.000000340. The lowest BCUT2D eigenvalue weighted by Crippen LogP contribution is -2.37. The molecule has 1 N–H and O–H groups in total. The van der Waals surface area contributed by atoms with Gasteiger partial charge in [0.05, 0.1) is 101 Å². The van der Waals surface area contributed by atoms with Gasteiger partial charge in [0.2, 0.25) is 29.5 Å². The van der Waals surface area contributed by atoms with Crippen molar-refractivity contribution in [3.63, 3.8) is 0 Å². The van der Waals surface area contributed by atoms with Crippen molar-refractivity contribution in [3.05, 3.63) is 131 Å². The molecule has 2 aromatic heterocycles. The summed E-state index contributed by atoms with van der Waals surface area (Å²) in [7, 11) is 9.30. The summed E-state index contributed by atoms with van der Waals surface area (Å²) in [6, 6.07) is 15.4. The molecule has 144 heavy (non-hydrogen) atoms. The molecule has 1 saturated heterocycles. The van der Waals surface area contributed by atoms with Gasteiger partial charge in [-0.25, -0.2) is 9.36 Å². The Morgan fingerprint density at radius 3 is 1.17 bits per heavy atom. The molecule has 0 radical (unpaired) electrons. The number of esters is 2. The Kier molecular flexibility index (Phi) is 62.2. The zero-order valence-corrected chi connectivity index (χ0v) is 90.0. The quantitative estimate of drug-likeness (QED) is 0.0107. The van der Waals surface area contributed by atoms with Gasteiger partial charge in [-0.1, -0.05) is 124 Å². The minimum Gasteiger partial charge on any atom is -0.513 e. The third-order valence-electron chi connectivity index (χ3n) is 26.8. The number of nitrogens with zero attached hydrogens (tertiary/aromatic N) is 12. The predicted molar refractivity (Wildman–Crippen MR) is 559 cm³/mol. The monoisotopic (exact) mass is 2010 g/mol. The van der Waals surface area contributed by atoms with E-state index >= 15 is 0 Å². The highest BCUT2D eigenvalue weighted by Gasteiger charge is 2.52. The number of likely N-dealkylation sites (tertiary alicyclic amines) is 1. The van der Waals surface area contributed by atoms with Gasteiger partial charge in [-0.05, 0) is 215 Å². The van der Waals surface area contributed by atoms with Crippen LogP contribution in [0.3, 0.4) is 0 Å². The van der Waals surface area contributed by atoms with Crippen LogP contribution in [0.25, 0.3) is 11.1 Å². The first-order valence-electron chi connectivity index (χ1n) is 52.9. The van der Waals surface area contributed by atoms with Gasteiger partial charge in [0, 0.05) is 209 Å². The third kappa shape index (κ3) is 50.6. The number of imide groups is 1. The predicted octanol–water partition coefficient (Wildman–Crippen LogP) is 15.4. The number of hydrogen-bond donors (Lipinski definition) is 1. The minimum absolute atomic E-state index is 0.00808. The minimum atomic E-state index is -0.191. The van der Waals surface area contributed by atoms with Crippen LogP contribution in [0.15, 0.2) is 85.7 Å². The number of amides is 5. The number of benzene rings is 2. The number of ether oxygens (including phenoxy) is 9. The van der Waals surface area contributed by atoms with E-state index in [1.807, 2.05) is 106 Å². The first kappa shape index (κ1) is 125. The van der Waals surface area contributed by atoms with Crippen molar-refractivity contribution in [2.75, 3.05) is 193 Å². The van der Waals surface area contributed by atoms with E-state index in [0.29, 0.717) is 264 Å². The summed E-state index contributed by atoms with van der Waals surface area (Å²) in [6.45, 7) is 45.3. The molecule has 0 spiro atoms. The van der Waals surface area contributed by atoms with Crippen molar-refractivity contribution >= 4 is 75.8 Å². The smallest absolute Gasteiger partial charge is 0.305 e. The SMILES string of the molecule is C=C(C=C(C)C)c1ccc(C(=O)CCCOCCOCCCCOCCN(C)C(C)=O)cc1.C=C(CCC)c1ccc(C(=O)CCCOCCOCCCCC(C)=O)cc1.C=C(O)CC(C)C(=O)CCCN(C)CCn1nnc2c1CC[C@@H]1C(COC(=O)CCCOCCN(C)C(C)=O)[C@@H]1CC2.CC.CC(=O)N(C)CCOCCCC(=O)OCC1[C@H]2CCc3c(nnn3CCN(C)CCN3C(=O)CCC3=O)CC[C@@H]12. The van der Waals surface area contributed by atoms with Crippen molar-refractivity contribution in [2.45, 2.75) is 262 Å². The van der Waals surface area contributed by atoms with Crippen molar-refractivity contribution in [1.29, 1.82) is 0 Å². The standard InChI is InChI=1S/C31H51N5O6.C28H44N6O6.C27H41NO5.C23H34O4.C2H6/c1-22(20-23(2)37)30(39)8-6-14-34(4)15-16-36-29-13-11-26-25(10-12-28(29)32-33-36)27(26)21-42-31(40)9-7-18-41-19-17-35(5)24(3)38;1-20(35)32(3)16-18-39-17-4-5-28(38)40-19-23-21-6-8-24-25(9-7-22(21)23)34(30-29-24)15-13-31(2)12-14-33-26(36)10-11-27(33)37;1-22(2)21-23(3)25-10-12-26(13-11-25)27(30)9-8-17-33-20-19-32-16-7-6-15-31-18-14-28(5)24(4)29;1-4-8-19(2)21-11-13-22(14-12-21)23(25)10-7-16-27-18-17-26-15-6-5-9-20(3)24;1-2/h22,25-27,37H,2,6-21H2,1,3-5H3;21-23H,4-19H2,1-3H3;10-13,21H,3,6-9,14-20H2,1-2,4-5H3;11-14H,2,4-10,15-18H2,1,3H3;1-2H3/t22?,25-,26+,27?;21-,22+,23?;;;/m11.../s1. The van der Waals surface area contributed by atoms with Crippen LogP contribution in [0.1, 0.15) is 278 Å². The molecule has 3 fully saturated rings. The highest BCUT2D eigenvalue weighted by molar-refractivity contribution is 6.02. The summed E-state index contributed by atoms with van der Waals surface area (Å²) >= 11 is 0. The lowest BCUT2D eigenvalue weighted by atomic mass is 9.98. The number of aromatic nitrogens is 6. The summed E-state index contributed by atoms with van der Waals surface area (Å²) < 4.78 is 53.9. The molecule has 4 aromatic rings. The van der Waals surface area contributed by atoms with E-state index in [1.165, 1.54) is 35.7 Å². The Bertz CT molecular complexity index is 4550. The fourth-order valence-electron chi connectivity index (χ4n) is 17.4. The van der Waals surface area contributed by atoms with E-state index in [4.69, 9.17) is 42.6 Å². The van der Waals surface area contributed by atoms with Crippen LogP contribution in [-0.4, -0.2) is 322 Å². The normalized spacial score (nSPS) is 16.5. The van der Waals surface area contributed by atoms with Crippen LogP contribution in [-0.2, 0) is 125 Å². The molecule has 0 bridgehead atoms. The summed E-state index contributed by atoms with van der Waals surface area (Å²) in [6.07, 6.45) is 22.8. The Labute approximate surface area is 858 Å². The van der Waals surface area contributed by atoms with Gasteiger partial charge in [-0.3, -0.25) is 52.8 Å². The van der Waals surface area contributed by atoms with Gasteiger partial charge in [0.15, 0.2) is 11.6 Å². The molecule has 5 amide bonds. The number of unbranched alkanes of at least 4 members (excludes halogenated alkanes) is 2. The molecule has 4 aliphatic carbocycles. The second kappa shape index (κ2) is 71.8. The van der Waals surface area contributed by atoms with E-state index in [0.717, 1.165) is 167 Å². The summed E-state index contributed by atoms with van der Waals surface area (Å²) in [5, 5.41) is 27.1. The Hall–Kier alpha value is -9.71. The molecule has 3 unspecified atom stereocenters. The topological polar surface area (TPSA) is 372 Å². The maximum absolute atomic E-state index is 12.3. The number of aryl methyl sites for hydroxylation is 2. The van der Waals surface area contributed by atoms with Gasteiger partial charge >= 0.3 is 11.9 Å².